The molecule has 0 bridgehead atoms. The van der Waals surface area contributed by atoms with Crippen molar-refractivity contribution < 1.29 is 31.9 Å². The number of amides is 2. The minimum atomic E-state index is -1.93. The molecule has 2 aromatic carbocycles. The molecule has 0 unspecified atom stereocenters. The highest BCUT2D eigenvalue weighted by atomic mass is 19.2. The van der Waals surface area contributed by atoms with Crippen molar-refractivity contribution in [1.29, 1.82) is 0 Å². The predicted octanol–water partition coefficient (Wildman–Crippen LogP) is 2.60. The van der Waals surface area contributed by atoms with Crippen LogP contribution in [-0.2, 0) is 0 Å². The fourth-order valence-electron chi connectivity index (χ4n) is 1.98. The first-order valence-corrected chi connectivity index (χ1v) is 6.39. The van der Waals surface area contributed by atoms with Gasteiger partial charge in [0.2, 0.25) is 11.6 Å². The Morgan fingerprint density at radius 3 is 2.04 bits per heavy atom. The highest BCUT2D eigenvalue weighted by molar-refractivity contribution is 6.09. The van der Waals surface area contributed by atoms with Crippen LogP contribution in [-0.4, -0.2) is 18.9 Å². The van der Waals surface area contributed by atoms with Crippen molar-refractivity contribution in [2.24, 2.45) is 5.73 Å². The maximum Gasteiger partial charge on any atom is 0.261 e. The van der Waals surface area contributed by atoms with E-state index in [4.69, 9.17) is 5.73 Å². The van der Waals surface area contributed by atoms with Crippen molar-refractivity contribution in [2.45, 2.75) is 0 Å². The van der Waals surface area contributed by atoms with Gasteiger partial charge in [-0.1, -0.05) is 12.1 Å². The molecule has 24 heavy (non-hydrogen) atoms. The molecule has 2 rings (SSSR count). The van der Waals surface area contributed by atoms with Gasteiger partial charge < -0.3 is 15.8 Å². The smallest absolute Gasteiger partial charge is 0.261 e. The highest BCUT2D eigenvalue weighted by Crippen LogP contribution is 2.30. The molecule has 0 saturated carbocycles. The van der Waals surface area contributed by atoms with Crippen molar-refractivity contribution in [2.75, 3.05) is 12.4 Å². The van der Waals surface area contributed by atoms with E-state index in [2.05, 4.69) is 4.74 Å². The first kappa shape index (κ1) is 17.3. The number of anilines is 1. The number of halogens is 4. The van der Waals surface area contributed by atoms with E-state index in [1.165, 1.54) is 24.3 Å². The Morgan fingerprint density at radius 1 is 1.00 bits per heavy atom. The van der Waals surface area contributed by atoms with Gasteiger partial charge in [0, 0.05) is 0 Å². The summed E-state index contributed by atoms with van der Waals surface area (Å²) < 4.78 is 59.3. The number of para-hydroxylation sites is 1. The number of benzene rings is 2. The third kappa shape index (κ3) is 2.87. The summed E-state index contributed by atoms with van der Waals surface area (Å²) in [5.74, 6) is -11.3. The van der Waals surface area contributed by atoms with E-state index in [-0.39, 0.29) is 11.3 Å². The summed E-state index contributed by atoms with van der Waals surface area (Å²) in [7, 11) is 0.809. The van der Waals surface area contributed by atoms with Crippen LogP contribution >= 0.6 is 0 Å². The molecule has 2 amide bonds. The lowest BCUT2D eigenvalue weighted by molar-refractivity contribution is 0.100. The Morgan fingerprint density at radius 2 is 1.54 bits per heavy atom. The number of hydrogen-bond donors (Lipinski definition) is 2. The molecule has 9 heteroatoms. The Labute approximate surface area is 133 Å². The lowest BCUT2D eigenvalue weighted by Gasteiger charge is -2.12. The average Bonchev–Trinajstić information content (AvgIpc) is 2.54. The number of nitrogens with one attached hydrogen (secondary N) is 1. The quantitative estimate of drug-likeness (QED) is 0.662. The summed E-state index contributed by atoms with van der Waals surface area (Å²) in [6.07, 6.45) is 0. The molecule has 0 saturated heterocycles. The number of rotatable bonds is 4. The van der Waals surface area contributed by atoms with Gasteiger partial charge in [0.15, 0.2) is 17.4 Å². The zero-order valence-electron chi connectivity index (χ0n) is 12.1. The molecule has 0 atom stereocenters. The topological polar surface area (TPSA) is 81.4 Å². The normalized spacial score (nSPS) is 10.4. The zero-order valence-corrected chi connectivity index (χ0v) is 12.1. The second-order valence-electron chi connectivity index (χ2n) is 4.53. The van der Waals surface area contributed by atoms with E-state index in [1.807, 2.05) is 5.32 Å². The number of ether oxygens (including phenoxy) is 1. The molecule has 0 aliphatic rings. The standard InChI is InChI=1S/C15H10F4N2O3/c1-24-13-11(18)9(16)8(10(17)12(13)19)15(23)21-7-5-3-2-4-6(7)14(20)22/h2-5H,1H3,(H2,20,22)(H,21,23). The summed E-state index contributed by atoms with van der Waals surface area (Å²) in [4.78, 5) is 23.3. The molecule has 0 fully saturated rings. The monoisotopic (exact) mass is 342 g/mol. The number of methoxy groups -OCH3 is 1. The molecule has 0 aromatic heterocycles. The summed E-state index contributed by atoms with van der Waals surface area (Å²) in [5, 5.41) is 1.99. The number of hydrogen-bond acceptors (Lipinski definition) is 3. The zero-order chi connectivity index (χ0) is 18.0. The molecular formula is C15H10F4N2O3. The summed E-state index contributed by atoms with van der Waals surface area (Å²) >= 11 is 0. The van der Waals surface area contributed by atoms with Gasteiger partial charge >= 0.3 is 0 Å². The molecule has 0 aliphatic heterocycles. The van der Waals surface area contributed by atoms with Gasteiger partial charge in [-0.25, -0.2) is 8.78 Å². The van der Waals surface area contributed by atoms with Crippen LogP contribution in [0.3, 0.4) is 0 Å². The highest BCUT2D eigenvalue weighted by Gasteiger charge is 2.30. The van der Waals surface area contributed by atoms with Gasteiger partial charge in [-0.3, -0.25) is 9.59 Å². The molecule has 5 nitrogen and oxygen atoms in total. The third-order valence-corrected chi connectivity index (χ3v) is 3.10. The van der Waals surface area contributed by atoms with Gasteiger partial charge in [0.25, 0.3) is 11.8 Å². The van der Waals surface area contributed by atoms with E-state index in [0.717, 1.165) is 7.11 Å². The van der Waals surface area contributed by atoms with Crippen LogP contribution in [0, 0.1) is 23.3 Å². The van der Waals surface area contributed by atoms with Crippen molar-refractivity contribution in [3.63, 3.8) is 0 Å². The number of carbonyl (C=O) groups is 2. The van der Waals surface area contributed by atoms with Crippen molar-refractivity contribution in [1.82, 2.24) is 0 Å². The Balaban J connectivity index is 2.51. The van der Waals surface area contributed by atoms with Gasteiger partial charge in [0.05, 0.1) is 18.4 Å². The second-order valence-corrected chi connectivity index (χ2v) is 4.53. The van der Waals surface area contributed by atoms with E-state index in [9.17, 15) is 27.2 Å². The van der Waals surface area contributed by atoms with Crippen LogP contribution in [0.15, 0.2) is 24.3 Å². The van der Waals surface area contributed by atoms with Crippen LogP contribution in [0.5, 0.6) is 5.75 Å². The largest absolute Gasteiger partial charge is 0.491 e. The SMILES string of the molecule is COc1c(F)c(F)c(C(=O)Nc2ccccc2C(N)=O)c(F)c1F. The van der Waals surface area contributed by atoms with Gasteiger partial charge in [-0.05, 0) is 12.1 Å². The third-order valence-electron chi connectivity index (χ3n) is 3.10. The van der Waals surface area contributed by atoms with Crippen LogP contribution in [0.1, 0.15) is 20.7 Å². The number of nitrogens with two attached hydrogens (primary N) is 1. The molecule has 126 valence electrons. The minimum Gasteiger partial charge on any atom is -0.491 e. The van der Waals surface area contributed by atoms with Crippen molar-refractivity contribution in [3.05, 3.63) is 58.7 Å². The Bertz CT molecular complexity index is 811. The van der Waals surface area contributed by atoms with E-state index in [0.29, 0.717) is 0 Å². The fraction of sp³-hybridized carbons (Fsp3) is 0.0667. The minimum absolute atomic E-state index is 0.152. The van der Waals surface area contributed by atoms with Gasteiger partial charge in [-0.2, -0.15) is 8.78 Å². The molecular weight excluding hydrogens is 332 g/mol. The van der Waals surface area contributed by atoms with E-state index in [1.54, 1.807) is 0 Å². The summed E-state index contributed by atoms with van der Waals surface area (Å²) in [6.45, 7) is 0. The molecule has 0 heterocycles. The van der Waals surface area contributed by atoms with E-state index < -0.39 is 46.4 Å². The fourth-order valence-corrected chi connectivity index (χ4v) is 1.98. The summed E-state index contributed by atoms with van der Waals surface area (Å²) in [5.41, 5.74) is 3.28. The second kappa shape index (κ2) is 6.57. The number of primary amides is 1. The van der Waals surface area contributed by atoms with Crippen LogP contribution < -0.4 is 15.8 Å². The first-order valence-electron chi connectivity index (χ1n) is 6.39. The molecule has 0 radical (unpaired) electrons. The van der Waals surface area contributed by atoms with Crippen molar-refractivity contribution >= 4 is 17.5 Å². The maximum atomic E-state index is 13.9. The van der Waals surface area contributed by atoms with Crippen LogP contribution in [0.2, 0.25) is 0 Å². The first-order chi connectivity index (χ1) is 11.3. The Kier molecular flexibility index (Phi) is 4.72. The van der Waals surface area contributed by atoms with Gasteiger partial charge in [0.1, 0.15) is 5.56 Å². The lowest BCUT2D eigenvalue weighted by Crippen LogP contribution is -2.21. The average molecular weight is 342 g/mol. The molecule has 2 aromatic rings. The number of carbonyl (C=O) groups excluding carboxylic acids is 2. The summed E-state index contributed by atoms with van der Waals surface area (Å²) in [6, 6.07) is 5.32. The molecule has 0 spiro atoms. The Hall–Kier alpha value is -3.10. The molecule has 3 N–H and O–H groups in total. The molecule has 0 aliphatic carbocycles. The van der Waals surface area contributed by atoms with E-state index >= 15 is 0 Å². The lowest BCUT2D eigenvalue weighted by atomic mass is 10.1. The van der Waals surface area contributed by atoms with Crippen LogP contribution in [0.25, 0.3) is 0 Å². The van der Waals surface area contributed by atoms with Gasteiger partial charge in [-0.15, -0.1) is 0 Å². The maximum absolute atomic E-state index is 13.9. The van der Waals surface area contributed by atoms with Crippen LogP contribution in [0.4, 0.5) is 23.2 Å². The predicted molar refractivity (Wildman–Crippen MR) is 75.7 cm³/mol. The van der Waals surface area contributed by atoms with Crippen molar-refractivity contribution in [3.8, 4) is 5.75 Å².